The van der Waals surface area contributed by atoms with Crippen LogP contribution in [0, 0.1) is 0 Å². The molecule has 1 aliphatic rings. The van der Waals surface area contributed by atoms with Gasteiger partial charge in [-0.2, -0.15) is 8.78 Å². The second kappa shape index (κ2) is 11.2. The van der Waals surface area contributed by atoms with E-state index in [4.69, 9.17) is 27.6 Å². The molecule has 2 aromatic carbocycles. The first-order chi connectivity index (χ1) is 17.2. The number of rotatable bonds is 7. The summed E-state index contributed by atoms with van der Waals surface area (Å²) in [6, 6.07) is 13.5. The number of anilines is 1. The number of alkyl halides is 2. The van der Waals surface area contributed by atoms with Crippen LogP contribution < -0.4 is 9.64 Å². The van der Waals surface area contributed by atoms with Gasteiger partial charge in [-0.3, -0.25) is 9.69 Å². The molecule has 12 heteroatoms. The Morgan fingerprint density at radius 3 is 2.58 bits per heavy atom. The number of nitrogens with zero attached hydrogens (tertiary/aromatic N) is 2. The third-order valence-electron chi connectivity index (χ3n) is 4.80. The van der Waals surface area contributed by atoms with E-state index >= 15 is 0 Å². The first kappa shape index (κ1) is 25.7. The summed E-state index contributed by atoms with van der Waals surface area (Å²) in [6.45, 7) is -2.97. The largest absolute Gasteiger partial charge is 0.463 e. The number of amidine groups is 1. The quantitative estimate of drug-likeness (QED) is 0.241. The lowest BCUT2D eigenvalue weighted by Gasteiger charge is -2.18. The van der Waals surface area contributed by atoms with Gasteiger partial charge >= 0.3 is 12.6 Å². The minimum atomic E-state index is -2.97. The number of hydrogen-bond acceptors (Lipinski definition) is 7. The molecule has 0 saturated heterocycles. The van der Waals surface area contributed by atoms with Crippen molar-refractivity contribution < 1.29 is 32.3 Å². The second-order valence-corrected chi connectivity index (χ2v) is 8.94. The number of benzene rings is 2. The lowest BCUT2D eigenvalue weighted by Crippen LogP contribution is -2.30. The van der Waals surface area contributed by atoms with Gasteiger partial charge in [-0.15, -0.1) is 0 Å². The summed E-state index contributed by atoms with van der Waals surface area (Å²) in [4.78, 5) is 30.8. The standard InChI is InChI=1S/C24H16Cl2F2N2O5S/c1-33-22(32)20-9-8-17(34-20)12-36-24-29-19(10-13-2-3-14(25)11-18(13)26)21(31)30(24)15-4-6-16(7-5-15)35-23(27)28/h2-11,23H,12H2,1H3/b19-10-. The van der Waals surface area contributed by atoms with E-state index in [1.165, 1.54) is 60.2 Å². The molecule has 36 heavy (non-hydrogen) atoms. The third-order valence-corrected chi connectivity index (χ3v) is 6.32. The predicted molar refractivity (Wildman–Crippen MR) is 134 cm³/mol. The van der Waals surface area contributed by atoms with E-state index in [1.54, 1.807) is 24.3 Å². The summed E-state index contributed by atoms with van der Waals surface area (Å²) < 4.78 is 39.6. The van der Waals surface area contributed by atoms with Crippen LogP contribution in [0.5, 0.6) is 5.75 Å². The van der Waals surface area contributed by atoms with E-state index < -0.39 is 18.5 Å². The summed E-state index contributed by atoms with van der Waals surface area (Å²) in [7, 11) is 1.24. The second-order valence-electron chi connectivity index (χ2n) is 7.15. The third kappa shape index (κ3) is 5.89. The Hall–Kier alpha value is -3.34. The molecule has 0 unspecified atom stereocenters. The van der Waals surface area contributed by atoms with Gasteiger partial charge in [0, 0.05) is 10.0 Å². The molecule has 0 radical (unpaired) electrons. The minimum Gasteiger partial charge on any atom is -0.463 e. The van der Waals surface area contributed by atoms with Crippen molar-refractivity contribution in [1.82, 2.24) is 0 Å². The van der Waals surface area contributed by atoms with Crippen molar-refractivity contribution in [3.8, 4) is 5.75 Å². The van der Waals surface area contributed by atoms with E-state index in [0.717, 1.165) is 0 Å². The number of hydrogen-bond donors (Lipinski definition) is 0. The topological polar surface area (TPSA) is 81.3 Å². The summed E-state index contributed by atoms with van der Waals surface area (Å²) >= 11 is 13.4. The molecule has 1 aromatic heterocycles. The van der Waals surface area contributed by atoms with Gasteiger partial charge in [-0.1, -0.05) is 41.0 Å². The predicted octanol–water partition coefficient (Wildman–Crippen LogP) is 6.65. The normalized spacial score (nSPS) is 14.5. The molecular formula is C24H16Cl2F2N2O5S. The number of halogens is 4. The Morgan fingerprint density at radius 1 is 1.17 bits per heavy atom. The lowest BCUT2D eigenvalue weighted by molar-refractivity contribution is -0.113. The smallest absolute Gasteiger partial charge is 0.387 e. The maximum Gasteiger partial charge on any atom is 0.387 e. The number of thioether (sulfide) groups is 1. The highest BCUT2D eigenvalue weighted by Gasteiger charge is 2.32. The highest BCUT2D eigenvalue weighted by Crippen LogP contribution is 2.33. The van der Waals surface area contributed by atoms with Crippen LogP contribution in [-0.4, -0.2) is 30.8 Å². The fourth-order valence-electron chi connectivity index (χ4n) is 3.16. The van der Waals surface area contributed by atoms with Gasteiger partial charge < -0.3 is 13.9 Å². The number of carbonyl (C=O) groups is 2. The molecule has 2 heterocycles. The van der Waals surface area contributed by atoms with Crippen molar-refractivity contribution in [2.75, 3.05) is 12.0 Å². The average molecular weight is 553 g/mol. The number of furan rings is 1. The molecule has 0 saturated carbocycles. The van der Waals surface area contributed by atoms with E-state index in [1.807, 2.05) is 0 Å². The van der Waals surface area contributed by atoms with Crippen LogP contribution in [0.25, 0.3) is 6.08 Å². The van der Waals surface area contributed by atoms with Crippen LogP contribution in [0.15, 0.2) is 69.7 Å². The number of esters is 1. The Bertz CT molecular complexity index is 1360. The summed E-state index contributed by atoms with van der Waals surface area (Å²) in [6.07, 6.45) is 1.53. The van der Waals surface area contributed by atoms with Crippen molar-refractivity contribution in [2.45, 2.75) is 12.4 Å². The molecule has 0 bridgehead atoms. The van der Waals surface area contributed by atoms with Crippen molar-refractivity contribution in [2.24, 2.45) is 4.99 Å². The first-order valence-corrected chi connectivity index (χ1v) is 11.9. The molecule has 0 aliphatic carbocycles. The Balaban J connectivity index is 1.64. The molecule has 0 atom stereocenters. The molecule has 1 amide bonds. The van der Waals surface area contributed by atoms with Crippen molar-refractivity contribution in [3.63, 3.8) is 0 Å². The molecule has 186 valence electrons. The van der Waals surface area contributed by atoms with Crippen molar-refractivity contribution in [3.05, 3.63) is 87.4 Å². The zero-order valence-electron chi connectivity index (χ0n) is 18.4. The monoisotopic (exact) mass is 552 g/mol. The fraction of sp³-hybridized carbons (Fsp3) is 0.125. The molecule has 0 N–H and O–H groups in total. The van der Waals surface area contributed by atoms with Crippen molar-refractivity contribution >= 4 is 63.8 Å². The van der Waals surface area contributed by atoms with Gasteiger partial charge in [0.2, 0.25) is 5.76 Å². The zero-order valence-corrected chi connectivity index (χ0v) is 20.7. The van der Waals surface area contributed by atoms with Crippen LogP contribution in [-0.2, 0) is 15.3 Å². The number of carbonyl (C=O) groups excluding carboxylic acids is 2. The number of methoxy groups -OCH3 is 1. The number of ether oxygens (including phenoxy) is 2. The van der Waals surface area contributed by atoms with E-state index in [2.05, 4.69) is 14.5 Å². The fourth-order valence-corrected chi connectivity index (χ4v) is 4.53. The van der Waals surface area contributed by atoms with E-state index in [9.17, 15) is 18.4 Å². The maximum atomic E-state index is 13.3. The summed E-state index contributed by atoms with van der Waals surface area (Å²) in [5.41, 5.74) is 1.02. The highest BCUT2D eigenvalue weighted by molar-refractivity contribution is 8.13. The SMILES string of the molecule is COC(=O)c1ccc(CSC2=N/C(=C\c3ccc(Cl)cc3Cl)C(=O)N2c2ccc(OC(F)F)cc2)o1. The molecule has 7 nitrogen and oxygen atoms in total. The molecule has 1 aliphatic heterocycles. The van der Waals surface area contributed by atoms with Gasteiger partial charge in [0.1, 0.15) is 17.2 Å². The van der Waals surface area contributed by atoms with Gasteiger partial charge in [0.15, 0.2) is 5.17 Å². The molecule has 4 rings (SSSR count). The molecule has 0 spiro atoms. The van der Waals surface area contributed by atoms with Crippen LogP contribution in [0.4, 0.5) is 14.5 Å². The summed E-state index contributed by atoms with van der Waals surface area (Å²) in [5.74, 6) is -0.392. The Morgan fingerprint density at radius 2 is 1.92 bits per heavy atom. The first-order valence-electron chi connectivity index (χ1n) is 10.2. The molecule has 0 fully saturated rings. The van der Waals surface area contributed by atoms with Crippen LogP contribution >= 0.6 is 35.0 Å². The summed E-state index contributed by atoms with van der Waals surface area (Å²) in [5, 5.41) is 1.08. The van der Waals surface area contributed by atoms with Gasteiger partial charge in [-0.25, -0.2) is 9.79 Å². The van der Waals surface area contributed by atoms with Crippen LogP contribution in [0.1, 0.15) is 21.9 Å². The lowest BCUT2D eigenvalue weighted by atomic mass is 10.2. The Kier molecular flexibility index (Phi) is 7.97. The van der Waals surface area contributed by atoms with Gasteiger partial charge in [-0.05, 0) is 60.2 Å². The number of amides is 1. The Labute approximate surface area is 218 Å². The molecule has 3 aromatic rings. The maximum absolute atomic E-state index is 13.3. The highest BCUT2D eigenvalue weighted by atomic mass is 35.5. The van der Waals surface area contributed by atoms with Crippen LogP contribution in [0.2, 0.25) is 10.0 Å². The average Bonchev–Trinajstić information content (AvgIpc) is 3.44. The molecular weight excluding hydrogens is 537 g/mol. The van der Waals surface area contributed by atoms with E-state index in [-0.39, 0.29) is 23.0 Å². The number of aliphatic imine (C=N–C) groups is 1. The van der Waals surface area contributed by atoms with E-state index in [0.29, 0.717) is 32.2 Å². The zero-order chi connectivity index (χ0) is 25.8. The van der Waals surface area contributed by atoms with Gasteiger partial charge in [0.25, 0.3) is 5.91 Å². The van der Waals surface area contributed by atoms with Crippen molar-refractivity contribution in [1.29, 1.82) is 0 Å². The minimum absolute atomic E-state index is 0.0435. The van der Waals surface area contributed by atoms with Crippen LogP contribution in [0.3, 0.4) is 0 Å². The van der Waals surface area contributed by atoms with Gasteiger partial charge in [0.05, 0.1) is 18.6 Å².